The first-order chi connectivity index (χ1) is 12.5. The number of aryl methyl sites for hydroxylation is 1. The molecule has 1 amide bonds. The summed E-state index contributed by atoms with van der Waals surface area (Å²) >= 11 is 1.52. The SMILES string of the molecule is CCOc1cc(/C=N\NC(=O)Cc2csc(C)n2)ccc1OCC(C)C. The highest BCUT2D eigenvalue weighted by atomic mass is 32.1. The van der Waals surface area contributed by atoms with Crippen LogP contribution in [0.4, 0.5) is 0 Å². The number of hydrogen-bond acceptors (Lipinski definition) is 6. The number of ether oxygens (including phenoxy) is 2. The Balaban J connectivity index is 1.95. The second kappa shape index (κ2) is 9.91. The van der Waals surface area contributed by atoms with Crippen LogP contribution in [-0.2, 0) is 11.2 Å². The molecular weight excluding hydrogens is 350 g/mol. The predicted molar refractivity (Wildman–Crippen MR) is 104 cm³/mol. The van der Waals surface area contributed by atoms with E-state index in [1.165, 1.54) is 11.3 Å². The topological polar surface area (TPSA) is 72.8 Å². The number of benzene rings is 1. The van der Waals surface area contributed by atoms with Crippen molar-refractivity contribution in [1.82, 2.24) is 10.4 Å². The Morgan fingerprint density at radius 1 is 1.35 bits per heavy atom. The van der Waals surface area contributed by atoms with Crippen LogP contribution in [0, 0.1) is 12.8 Å². The zero-order chi connectivity index (χ0) is 18.9. The van der Waals surface area contributed by atoms with Crippen LogP contribution in [0.3, 0.4) is 0 Å². The fourth-order valence-electron chi connectivity index (χ4n) is 2.12. The molecule has 0 spiro atoms. The smallest absolute Gasteiger partial charge is 0.246 e. The normalized spacial score (nSPS) is 11.1. The number of amides is 1. The summed E-state index contributed by atoms with van der Waals surface area (Å²) in [6, 6.07) is 5.57. The fraction of sp³-hybridized carbons (Fsp3) is 0.421. The van der Waals surface area contributed by atoms with E-state index < -0.39 is 0 Å². The highest BCUT2D eigenvalue weighted by molar-refractivity contribution is 7.09. The quantitative estimate of drug-likeness (QED) is 0.537. The number of carbonyl (C=O) groups is 1. The number of thiazole rings is 1. The van der Waals surface area contributed by atoms with Gasteiger partial charge in [0.05, 0.1) is 36.6 Å². The van der Waals surface area contributed by atoms with Gasteiger partial charge < -0.3 is 9.47 Å². The number of hydrogen-bond donors (Lipinski definition) is 1. The monoisotopic (exact) mass is 375 g/mol. The van der Waals surface area contributed by atoms with Crippen LogP contribution in [-0.4, -0.2) is 30.3 Å². The van der Waals surface area contributed by atoms with Gasteiger partial charge in [-0.15, -0.1) is 11.3 Å². The standard InChI is InChI=1S/C19H25N3O3S/c1-5-24-18-8-15(6-7-17(18)25-11-13(2)3)10-20-22-19(23)9-16-12-26-14(4)21-16/h6-8,10,12-13H,5,9,11H2,1-4H3,(H,22,23)/b20-10-. The second-order valence-corrected chi connectivity index (χ2v) is 7.23. The fourth-order valence-corrected chi connectivity index (χ4v) is 2.73. The lowest BCUT2D eigenvalue weighted by atomic mass is 10.2. The summed E-state index contributed by atoms with van der Waals surface area (Å²) in [5, 5.41) is 6.83. The second-order valence-electron chi connectivity index (χ2n) is 6.17. The third-order valence-electron chi connectivity index (χ3n) is 3.25. The number of nitrogens with zero attached hydrogens (tertiary/aromatic N) is 2. The van der Waals surface area contributed by atoms with Crippen LogP contribution in [0.2, 0.25) is 0 Å². The summed E-state index contributed by atoms with van der Waals surface area (Å²) in [6.45, 7) is 9.19. The van der Waals surface area contributed by atoms with E-state index in [0.717, 1.165) is 16.3 Å². The molecule has 1 heterocycles. The molecule has 7 heteroatoms. The van der Waals surface area contributed by atoms with Crippen molar-refractivity contribution in [3.05, 3.63) is 39.8 Å². The van der Waals surface area contributed by atoms with Gasteiger partial charge in [-0.25, -0.2) is 10.4 Å². The molecule has 0 aliphatic rings. The summed E-state index contributed by atoms with van der Waals surface area (Å²) in [7, 11) is 0. The first-order valence-corrected chi connectivity index (χ1v) is 9.48. The Morgan fingerprint density at radius 2 is 2.15 bits per heavy atom. The van der Waals surface area contributed by atoms with E-state index in [1.54, 1.807) is 6.21 Å². The van der Waals surface area contributed by atoms with Crippen molar-refractivity contribution in [2.75, 3.05) is 13.2 Å². The average molecular weight is 375 g/mol. The van der Waals surface area contributed by atoms with Gasteiger partial charge in [-0.05, 0) is 43.5 Å². The van der Waals surface area contributed by atoms with Gasteiger partial charge in [0.1, 0.15) is 0 Å². The Hall–Kier alpha value is -2.41. The van der Waals surface area contributed by atoms with E-state index >= 15 is 0 Å². The van der Waals surface area contributed by atoms with Crippen molar-refractivity contribution in [2.24, 2.45) is 11.0 Å². The third kappa shape index (κ3) is 6.48. The Labute approximate surface area is 158 Å². The van der Waals surface area contributed by atoms with Crippen LogP contribution >= 0.6 is 11.3 Å². The van der Waals surface area contributed by atoms with Crippen LogP contribution in [0.5, 0.6) is 11.5 Å². The summed E-state index contributed by atoms with van der Waals surface area (Å²) in [5.41, 5.74) is 4.09. The maximum Gasteiger partial charge on any atom is 0.246 e. The van der Waals surface area contributed by atoms with E-state index in [2.05, 4.69) is 29.4 Å². The minimum atomic E-state index is -0.200. The minimum Gasteiger partial charge on any atom is -0.490 e. The average Bonchev–Trinajstić information content (AvgIpc) is 2.99. The molecule has 0 bridgehead atoms. The number of carbonyl (C=O) groups excluding carboxylic acids is 1. The molecule has 0 unspecified atom stereocenters. The van der Waals surface area contributed by atoms with Crippen LogP contribution < -0.4 is 14.9 Å². The first-order valence-electron chi connectivity index (χ1n) is 8.60. The van der Waals surface area contributed by atoms with Crippen LogP contribution in [0.15, 0.2) is 28.7 Å². The zero-order valence-corrected chi connectivity index (χ0v) is 16.4. The van der Waals surface area contributed by atoms with Gasteiger partial charge in [0.15, 0.2) is 11.5 Å². The lowest BCUT2D eigenvalue weighted by Crippen LogP contribution is -2.19. The predicted octanol–water partition coefficient (Wildman–Crippen LogP) is 3.58. The van der Waals surface area contributed by atoms with Gasteiger partial charge in [-0.2, -0.15) is 5.10 Å². The summed E-state index contributed by atoms with van der Waals surface area (Å²) < 4.78 is 11.4. The summed E-state index contributed by atoms with van der Waals surface area (Å²) in [4.78, 5) is 16.1. The van der Waals surface area contributed by atoms with Gasteiger partial charge in [-0.3, -0.25) is 4.79 Å². The summed E-state index contributed by atoms with van der Waals surface area (Å²) in [6.07, 6.45) is 1.80. The molecule has 0 saturated carbocycles. The van der Waals surface area contributed by atoms with Crippen molar-refractivity contribution in [2.45, 2.75) is 34.1 Å². The maximum atomic E-state index is 11.9. The first kappa shape index (κ1) is 19.9. The molecule has 2 aromatic rings. The molecule has 0 saturated heterocycles. The molecular formula is C19H25N3O3S. The Morgan fingerprint density at radius 3 is 2.81 bits per heavy atom. The lowest BCUT2D eigenvalue weighted by Gasteiger charge is -2.13. The molecule has 1 aromatic carbocycles. The maximum absolute atomic E-state index is 11.9. The van der Waals surface area contributed by atoms with Gasteiger partial charge >= 0.3 is 0 Å². The van der Waals surface area contributed by atoms with Gasteiger partial charge in [0.25, 0.3) is 0 Å². The molecule has 1 N–H and O–H groups in total. The van der Waals surface area contributed by atoms with Crippen LogP contribution in [0.1, 0.15) is 37.0 Å². The van der Waals surface area contributed by atoms with Gasteiger partial charge in [0, 0.05) is 5.38 Å². The third-order valence-corrected chi connectivity index (χ3v) is 4.07. The molecule has 0 radical (unpaired) electrons. The van der Waals surface area contributed by atoms with Gasteiger partial charge in [0.2, 0.25) is 5.91 Å². The molecule has 140 valence electrons. The molecule has 2 rings (SSSR count). The molecule has 1 aromatic heterocycles. The largest absolute Gasteiger partial charge is 0.490 e. The summed E-state index contributed by atoms with van der Waals surface area (Å²) in [5.74, 6) is 1.61. The van der Waals surface area contributed by atoms with E-state index in [0.29, 0.717) is 30.6 Å². The van der Waals surface area contributed by atoms with Crippen molar-refractivity contribution in [3.63, 3.8) is 0 Å². The number of nitrogens with one attached hydrogen (secondary N) is 1. The highest BCUT2D eigenvalue weighted by Gasteiger charge is 2.08. The molecule has 26 heavy (non-hydrogen) atoms. The number of rotatable bonds is 9. The van der Waals surface area contributed by atoms with Gasteiger partial charge in [-0.1, -0.05) is 13.8 Å². The number of hydrazone groups is 1. The Bertz CT molecular complexity index is 756. The van der Waals surface area contributed by atoms with Crippen molar-refractivity contribution >= 4 is 23.5 Å². The van der Waals surface area contributed by atoms with Crippen molar-refractivity contribution in [3.8, 4) is 11.5 Å². The minimum absolute atomic E-state index is 0.200. The zero-order valence-electron chi connectivity index (χ0n) is 15.6. The number of aromatic nitrogens is 1. The van der Waals surface area contributed by atoms with Crippen LogP contribution in [0.25, 0.3) is 0 Å². The molecule has 0 atom stereocenters. The molecule has 6 nitrogen and oxygen atoms in total. The molecule has 0 aliphatic carbocycles. The molecule has 0 fully saturated rings. The highest BCUT2D eigenvalue weighted by Crippen LogP contribution is 2.28. The van der Waals surface area contributed by atoms with Crippen molar-refractivity contribution in [1.29, 1.82) is 0 Å². The van der Waals surface area contributed by atoms with E-state index in [4.69, 9.17) is 9.47 Å². The lowest BCUT2D eigenvalue weighted by molar-refractivity contribution is -0.120. The van der Waals surface area contributed by atoms with E-state index in [-0.39, 0.29) is 12.3 Å². The Kier molecular flexibility index (Phi) is 7.59. The molecule has 0 aliphatic heterocycles. The van der Waals surface area contributed by atoms with E-state index in [9.17, 15) is 4.79 Å². The van der Waals surface area contributed by atoms with E-state index in [1.807, 2.05) is 37.4 Å². The van der Waals surface area contributed by atoms with Crippen molar-refractivity contribution < 1.29 is 14.3 Å².